The summed E-state index contributed by atoms with van der Waals surface area (Å²) in [6, 6.07) is 6.81. The molecule has 0 spiro atoms. The van der Waals surface area contributed by atoms with Gasteiger partial charge in [0, 0.05) is 103 Å². The Labute approximate surface area is 376 Å². The number of halogens is 4. The summed E-state index contributed by atoms with van der Waals surface area (Å²) in [5.41, 5.74) is 0.250. The van der Waals surface area contributed by atoms with Gasteiger partial charge in [-0.05, 0) is 68.1 Å². The molecular weight excluding hydrogens is 887 g/mol. The van der Waals surface area contributed by atoms with Crippen molar-refractivity contribution in [3.05, 3.63) is 95.1 Å². The first kappa shape index (κ1) is 46.0. The van der Waals surface area contributed by atoms with Crippen LogP contribution in [0.3, 0.4) is 0 Å². The Balaban J connectivity index is 0.900. The number of nitrogens with zero attached hydrogens (tertiary/aromatic N) is 6. The van der Waals surface area contributed by atoms with Crippen LogP contribution in [0.5, 0.6) is 0 Å². The lowest BCUT2D eigenvalue weighted by molar-refractivity contribution is -0.134. The molecule has 2 atom stereocenters. The first-order chi connectivity index (χ1) is 31.7. The van der Waals surface area contributed by atoms with Crippen molar-refractivity contribution in [2.45, 2.75) is 64.0 Å². The molecule has 5 aromatic rings. The van der Waals surface area contributed by atoms with Gasteiger partial charge < -0.3 is 20.1 Å². The Morgan fingerprint density at radius 2 is 1.68 bits per heavy atom. The maximum atomic E-state index is 15.6. The lowest BCUT2D eigenvalue weighted by Crippen LogP contribution is -2.52. The minimum atomic E-state index is -4.19. The number of anilines is 3. The number of fused-ring (bicyclic) bond motifs is 1. The SMILES string of the molecule is CCCNS(=O)(=O)Nc1ccc(F)c(C(=O)c2c[nH]c3ncc(-c4cnc(N5CCN(C(=O)CN6CCCCC6c6ccc(NC7CCC(=O)NC7=O)cc6C(F)F)CC5)nc4)cc23)c1F. The van der Waals surface area contributed by atoms with E-state index in [1.54, 1.807) is 42.4 Å². The molecular formula is C44H47F4N11O6S. The number of hydrogen-bond donors (Lipinski definition) is 5. The molecule has 0 aliphatic carbocycles. The zero-order valence-electron chi connectivity index (χ0n) is 35.8. The molecule has 3 fully saturated rings. The average Bonchev–Trinajstić information content (AvgIpc) is 3.74. The standard InChI is InChI=1S/C44H47F4N11O6S/c1-2-12-53-66(64,65)56-33-9-8-32(45)38(39(33)46)40(62)31-23-50-42-30(31)18-25(20-49-42)26-21-51-44(52-22-26)58-16-14-57(15-17-58)37(61)24-59-13-4-3-5-35(59)28-7-6-27(19-29(28)41(47)48)54-34-10-11-36(60)55-43(34)63/h6-9,18-23,34-35,41,53-54,56H,2-5,10-17,24H2,1H3,(H,49,50)(H,55,60,63). The van der Waals surface area contributed by atoms with Crippen LogP contribution in [0.1, 0.15) is 85.0 Å². The number of pyridine rings is 1. The summed E-state index contributed by atoms with van der Waals surface area (Å²) in [5.74, 6) is -4.18. The number of imide groups is 1. The number of piperidine rings is 2. The van der Waals surface area contributed by atoms with Crippen LogP contribution in [-0.4, -0.2) is 114 Å². The van der Waals surface area contributed by atoms with Gasteiger partial charge in [0.25, 0.3) is 16.6 Å². The Bertz CT molecular complexity index is 2770. The van der Waals surface area contributed by atoms with Crippen LogP contribution in [0.2, 0.25) is 0 Å². The van der Waals surface area contributed by atoms with Gasteiger partial charge in [0.2, 0.25) is 29.5 Å². The van der Waals surface area contributed by atoms with Gasteiger partial charge in [0.1, 0.15) is 17.5 Å². The molecule has 3 aromatic heterocycles. The normalized spacial score (nSPS) is 18.5. The van der Waals surface area contributed by atoms with Crippen molar-refractivity contribution in [1.29, 1.82) is 0 Å². The van der Waals surface area contributed by atoms with E-state index in [-0.39, 0.29) is 59.9 Å². The molecule has 22 heteroatoms. The summed E-state index contributed by atoms with van der Waals surface area (Å²) in [7, 11) is -4.19. The summed E-state index contributed by atoms with van der Waals surface area (Å²) in [6.07, 6.45) is 6.24. The Hall–Kier alpha value is -6.52. The highest BCUT2D eigenvalue weighted by molar-refractivity contribution is 7.90. The number of hydrogen-bond acceptors (Lipinski definition) is 12. The first-order valence-corrected chi connectivity index (χ1v) is 23.1. The van der Waals surface area contributed by atoms with Gasteiger partial charge in [-0.1, -0.05) is 19.4 Å². The van der Waals surface area contributed by atoms with Gasteiger partial charge in [0.15, 0.2) is 5.82 Å². The lowest BCUT2D eigenvalue weighted by atomic mass is 9.91. The lowest BCUT2D eigenvalue weighted by Gasteiger charge is -2.39. The summed E-state index contributed by atoms with van der Waals surface area (Å²) >= 11 is 0. The molecule has 2 unspecified atom stereocenters. The molecule has 8 rings (SSSR count). The zero-order valence-corrected chi connectivity index (χ0v) is 36.6. The molecule has 2 aromatic carbocycles. The molecule has 17 nitrogen and oxygen atoms in total. The van der Waals surface area contributed by atoms with Crippen LogP contribution < -0.4 is 25.0 Å². The highest BCUT2D eigenvalue weighted by atomic mass is 32.2. The van der Waals surface area contributed by atoms with E-state index in [1.165, 1.54) is 18.5 Å². The quantitative estimate of drug-likeness (QED) is 0.0520. The molecule has 66 heavy (non-hydrogen) atoms. The number of carbonyl (C=O) groups excluding carboxylic acids is 4. The summed E-state index contributed by atoms with van der Waals surface area (Å²) in [6.45, 7) is 4.05. The van der Waals surface area contributed by atoms with E-state index in [0.29, 0.717) is 73.9 Å². The van der Waals surface area contributed by atoms with Gasteiger partial charge >= 0.3 is 0 Å². The third kappa shape index (κ3) is 9.99. The highest BCUT2D eigenvalue weighted by Crippen LogP contribution is 2.38. The zero-order chi connectivity index (χ0) is 46.7. The van der Waals surface area contributed by atoms with Crippen molar-refractivity contribution < 1.29 is 45.2 Å². The molecule has 0 saturated carbocycles. The van der Waals surface area contributed by atoms with Gasteiger partial charge in [-0.2, -0.15) is 13.1 Å². The predicted octanol–water partition coefficient (Wildman–Crippen LogP) is 5.22. The second-order valence-electron chi connectivity index (χ2n) is 16.3. The van der Waals surface area contributed by atoms with Crippen molar-refractivity contribution in [2.75, 3.05) is 60.8 Å². The molecule has 3 saturated heterocycles. The average molecular weight is 934 g/mol. The van der Waals surface area contributed by atoms with Crippen LogP contribution in [-0.2, 0) is 24.6 Å². The monoisotopic (exact) mass is 933 g/mol. The highest BCUT2D eigenvalue weighted by Gasteiger charge is 2.33. The van der Waals surface area contributed by atoms with E-state index in [1.807, 2.05) is 14.5 Å². The number of H-pyrrole nitrogens is 1. The third-order valence-electron chi connectivity index (χ3n) is 12.0. The third-order valence-corrected chi connectivity index (χ3v) is 13.1. The molecule has 3 aliphatic rings. The van der Waals surface area contributed by atoms with Gasteiger partial charge in [0.05, 0.1) is 17.8 Å². The smallest absolute Gasteiger partial charge is 0.299 e. The second-order valence-corrected chi connectivity index (χ2v) is 17.8. The summed E-state index contributed by atoms with van der Waals surface area (Å²) < 4.78 is 88.6. The number of alkyl halides is 2. The molecule has 0 bridgehead atoms. The number of piperazine rings is 1. The van der Waals surface area contributed by atoms with E-state index in [9.17, 15) is 36.4 Å². The van der Waals surface area contributed by atoms with Crippen molar-refractivity contribution in [1.82, 2.24) is 39.8 Å². The number of amides is 3. The van der Waals surface area contributed by atoms with Crippen molar-refractivity contribution in [3.63, 3.8) is 0 Å². The topological polar surface area (TPSA) is 215 Å². The Morgan fingerprint density at radius 1 is 0.924 bits per heavy atom. The molecule has 348 valence electrons. The molecule has 0 radical (unpaired) electrons. The summed E-state index contributed by atoms with van der Waals surface area (Å²) in [5, 5.41) is 5.49. The number of nitrogens with one attached hydrogen (secondary N) is 5. The van der Waals surface area contributed by atoms with Crippen molar-refractivity contribution in [2.24, 2.45) is 0 Å². The number of ketones is 1. The minimum absolute atomic E-state index is 0.0519. The van der Waals surface area contributed by atoms with E-state index in [4.69, 9.17) is 0 Å². The first-order valence-electron chi connectivity index (χ1n) is 21.6. The van der Waals surface area contributed by atoms with Gasteiger partial charge in [-0.15, -0.1) is 0 Å². The van der Waals surface area contributed by atoms with E-state index < -0.39 is 63.3 Å². The fourth-order valence-electron chi connectivity index (χ4n) is 8.53. The van der Waals surface area contributed by atoms with Gasteiger partial charge in [-0.3, -0.25) is 34.1 Å². The van der Waals surface area contributed by atoms with Crippen molar-refractivity contribution >= 4 is 62.1 Å². The van der Waals surface area contributed by atoms with Gasteiger partial charge in [-0.25, -0.2) is 32.5 Å². The molecule has 3 amide bonds. The fourth-order valence-corrected chi connectivity index (χ4v) is 9.52. The number of aromatic amines is 1. The summed E-state index contributed by atoms with van der Waals surface area (Å²) in [4.78, 5) is 73.1. The van der Waals surface area contributed by atoms with Crippen LogP contribution in [0.25, 0.3) is 22.2 Å². The fraction of sp³-hybridized carbons (Fsp3) is 0.386. The maximum Gasteiger partial charge on any atom is 0.299 e. The van der Waals surface area contributed by atoms with Crippen molar-refractivity contribution in [3.8, 4) is 11.1 Å². The van der Waals surface area contributed by atoms with E-state index in [0.717, 1.165) is 25.0 Å². The number of likely N-dealkylation sites (tertiary alicyclic amines) is 1. The largest absolute Gasteiger partial charge is 0.374 e. The molecule has 3 aliphatic heterocycles. The number of aromatic nitrogens is 4. The second kappa shape index (κ2) is 19.5. The Kier molecular flexibility index (Phi) is 13.6. The van der Waals surface area contributed by atoms with E-state index >= 15 is 8.78 Å². The van der Waals surface area contributed by atoms with Crippen LogP contribution in [0.15, 0.2) is 61.2 Å². The van der Waals surface area contributed by atoms with Crippen LogP contribution in [0.4, 0.5) is 34.9 Å². The predicted molar refractivity (Wildman–Crippen MR) is 236 cm³/mol. The minimum Gasteiger partial charge on any atom is -0.374 e. The Morgan fingerprint density at radius 3 is 2.41 bits per heavy atom. The number of carbonyl (C=O) groups is 4. The molecule has 6 heterocycles. The van der Waals surface area contributed by atoms with E-state index in [2.05, 4.69) is 35.3 Å². The number of benzene rings is 2. The maximum absolute atomic E-state index is 15.6. The number of rotatable bonds is 15. The molecule has 5 N–H and O–H groups in total. The van der Waals surface area contributed by atoms with Crippen LogP contribution in [0, 0.1) is 11.6 Å². The van der Waals surface area contributed by atoms with Crippen LogP contribution >= 0.6 is 0 Å².